The van der Waals surface area contributed by atoms with Gasteiger partial charge in [-0.25, -0.2) is 14.1 Å². The second kappa shape index (κ2) is 9.02. The van der Waals surface area contributed by atoms with Crippen LogP contribution >= 0.6 is 0 Å². The van der Waals surface area contributed by atoms with Crippen molar-refractivity contribution in [3.05, 3.63) is 30.1 Å². The van der Waals surface area contributed by atoms with Crippen LogP contribution in [-0.2, 0) is 19.2 Å². The van der Waals surface area contributed by atoms with Crippen LogP contribution in [0.5, 0.6) is 0 Å². The van der Waals surface area contributed by atoms with Crippen molar-refractivity contribution in [1.29, 1.82) is 0 Å². The summed E-state index contributed by atoms with van der Waals surface area (Å²) in [4.78, 5) is 62.8. The number of amides is 6. The third kappa shape index (κ3) is 4.64. The molecule has 2 atom stereocenters. The normalized spacial score (nSPS) is 21.7. The number of rotatable bonds is 6. The maximum Gasteiger partial charge on any atom is 0.334 e. The van der Waals surface area contributed by atoms with Crippen LogP contribution in [0.3, 0.4) is 0 Å². The number of carbonyl (C=O) groups excluding carboxylic acids is 5. The molecule has 3 rings (SSSR count). The first kappa shape index (κ1) is 21.4. The number of carbonyl (C=O) groups is 5. The maximum absolute atomic E-state index is 12.9. The Balaban J connectivity index is 1.53. The smallest absolute Gasteiger partial charge is 0.334 e. The number of anilines is 1. The molecule has 0 radical (unpaired) electrons. The van der Waals surface area contributed by atoms with Crippen LogP contribution < -0.4 is 10.6 Å². The van der Waals surface area contributed by atoms with Crippen molar-refractivity contribution in [3.8, 4) is 0 Å². The van der Waals surface area contributed by atoms with Crippen molar-refractivity contribution in [2.75, 3.05) is 18.4 Å². The van der Waals surface area contributed by atoms with Crippen LogP contribution in [0.1, 0.15) is 32.6 Å². The fraction of sp³-hybridized carbons (Fsp3) is 0.450. The molecule has 0 spiro atoms. The molecule has 10 heteroatoms. The number of imide groups is 2. The van der Waals surface area contributed by atoms with Gasteiger partial charge >= 0.3 is 17.8 Å². The van der Waals surface area contributed by atoms with E-state index < -0.39 is 48.6 Å². The van der Waals surface area contributed by atoms with Gasteiger partial charge in [0, 0.05) is 11.7 Å². The molecule has 30 heavy (non-hydrogen) atoms. The van der Waals surface area contributed by atoms with E-state index in [0.717, 1.165) is 24.2 Å². The molecular formula is C20H23FN4O5. The topological polar surface area (TPSA) is 116 Å². The van der Waals surface area contributed by atoms with E-state index in [1.54, 1.807) is 0 Å². The first-order valence-electron chi connectivity index (χ1n) is 9.79. The molecule has 0 unspecified atom stereocenters. The van der Waals surface area contributed by atoms with Crippen molar-refractivity contribution in [2.24, 2.45) is 5.92 Å². The minimum atomic E-state index is -1.04. The van der Waals surface area contributed by atoms with E-state index in [1.807, 2.05) is 6.92 Å². The lowest BCUT2D eigenvalue weighted by atomic mass is 9.85. The lowest BCUT2D eigenvalue weighted by Gasteiger charge is -2.34. The Bertz CT molecular complexity index is 872. The average molecular weight is 418 g/mol. The van der Waals surface area contributed by atoms with Crippen molar-refractivity contribution in [3.63, 3.8) is 0 Å². The molecule has 0 aromatic heterocycles. The monoisotopic (exact) mass is 418 g/mol. The van der Waals surface area contributed by atoms with Gasteiger partial charge in [0.2, 0.25) is 11.8 Å². The zero-order valence-corrected chi connectivity index (χ0v) is 16.5. The van der Waals surface area contributed by atoms with Crippen LogP contribution in [0.2, 0.25) is 0 Å². The Hall–Kier alpha value is -3.30. The van der Waals surface area contributed by atoms with Gasteiger partial charge in [0.1, 0.15) is 12.4 Å². The van der Waals surface area contributed by atoms with Gasteiger partial charge in [0.25, 0.3) is 0 Å². The zero-order valence-electron chi connectivity index (χ0n) is 16.5. The highest BCUT2D eigenvalue weighted by atomic mass is 19.1. The summed E-state index contributed by atoms with van der Waals surface area (Å²) >= 11 is 0. The van der Waals surface area contributed by atoms with Crippen LogP contribution in [0.15, 0.2) is 24.3 Å². The van der Waals surface area contributed by atoms with Crippen LogP contribution in [0.4, 0.5) is 14.9 Å². The first-order valence-corrected chi connectivity index (χ1v) is 9.79. The van der Waals surface area contributed by atoms with Gasteiger partial charge < -0.3 is 10.6 Å². The Morgan fingerprint density at radius 1 is 1.03 bits per heavy atom. The molecule has 6 amide bonds. The molecule has 0 bridgehead atoms. The van der Waals surface area contributed by atoms with Crippen molar-refractivity contribution < 1.29 is 28.4 Å². The molecule has 1 aromatic rings. The van der Waals surface area contributed by atoms with E-state index in [0.29, 0.717) is 17.0 Å². The van der Waals surface area contributed by atoms with E-state index >= 15 is 0 Å². The predicted molar refractivity (Wildman–Crippen MR) is 103 cm³/mol. The quantitative estimate of drug-likeness (QED) is 0.533. The van der Waals surface area contributed by atoms with Gasteiger partial charge in [0.15, 0.2) is 0 Å². The summed E-state index contributed by atoms with van der Waals surface area (Å²) in [5.74, 6) is -3.64. The molecule has 1 heterocycles. The van der Waals surface area contributed by atoms with Crippen LogP contribution in [0.25, 0.3) is 0 Å². The molecule has 2 fully saturated rings. The van der Waals surface area contributed by atoms with Gasteiger partial charge in [-0.15, -0.1) is 0 Å². The Kier molecular flexibility index (Phi) is 6.43. The first-order chi connectivity index (χ1) is 14.3. The molecule has 2 N–H and O–H groups in total. The molecule has 1 aromatic carbocycles. The van der Waals surface area contributed by atoms with E-state index in [-0.39, 0.29) is 12.0 Å². The summed E-state index contributed by atoms with van der Waals surface area (Å²) < 4.78 is 12.9. The molecule has 2 aliphatic rings. The third-order valence-corrected chi connectivity index (χ3v) is 5.36. The molecule has 1 aliphatic carbocycles. The largest absolute Gasteiger partial charge is 0.345 e. The number of urea groups is 1. The number of halogens is 1. The third-order valence-electron chi connectivity index (χ3n) is 5.36. The van der Waals surface area contributed by atoms with Crippen molar-refractivity contribution >= 4 is 35.3 Å². The van der Waals surface area contributed by atoms with E-state index in [4.69, 9.17) is 0 Å². The Morgan fingerprint density at radius 2 is 1.70 bits per heavy atom. The zero-order chi connectivity index (χ0) is 21.8. The van der Waals surface area contributed by atoms with Gasteiger partial charge in [-0.05, 0) is 43.0 Å². The summed E-state index contributed by atoms with van der Waals surface area (Å²) in [6.45, 7) is 0.874. The Morgan fingerprint density at radius 3 is 2.37 bits per heavy atom. The lowest BCUT2D eigenvalue weighted by Crippen LogP contribution is -2.47. The highest BCUT2D eigenvalue weighted by molar-refractivity contribution is 6.45. The predicted octanol–water partition coefficient (Wildman–Crippen LogP) is 1.25. The minimum Gasteiger partial charge on any atom is -0.345 e. The number of benzene rings is 1. The highest BCUT2D eigenvalue weighted by Crippen LogP contribution is 2.31. The van der Waals surface area contributed by atoms with Gasteiger partial charge in [-0.1, -0.05) is 19.8 Å². The second-order valence-electron chi connectivity index (χ2n) is 7.51. The highest BCUT2D eigenvalue weighted by Gasteiger charge is 2.49. The van der Waals surface area contributed by atoms with Crippen LogP contribution in [-0.4, -0.2) is 58.6 Å². The molecule has 9 nitrogen and oxygen atoms in total. The molecular weight excluding hydrogens is 395 g/mol. The van der Waals surface area contributed by atoms with E-state index in [1.165, 1.54) is 24.3 Å². The lowest BCUT2D eigenvalue weighted by molar-refractivity contribution is -0.145. The van der Waals surface area contributed by atoms with Gasteiger partial charge in [-0.2, -0.15) is 0 Å². The fourth-order valence-electron chi connectivity index (χ4n) is 3.75. The fourth-order valence-corrected chi connectivity index (χ4v) is 3.75. The number of hydrogen-bond donors (Lipinski definition) is 2. The second-order valence-corrected chi connectivity index (χ2v) is 7.51. The van der Waals surface area contributed by atoms with E-state index in [9.17, 15) is 28.4 Å². The number of hydrogen-bond acceptors (Lipinski definition) is 5. The minimum absolute atomic E-state index is 0.0865. The standard InChI is InChI=1S/C20H23FN4O5/c1-12-4-2-3-5-15(12)25-19(29)18(28)24(20(25)30)11-17(27)22-10-16(26)23-14-8-6-13(21)7-9-14/h6-9,12,15H,2-5,10-11H2,1H3,(H,22,27)(H,23,26)/t12-,15+/m0/s1. The average Bonchev–Trinajstić information content (AvgIpc) is 2.92. The summed E-state index contributed by atoms with van der Waals surface area (Å²) in [5.41, 5.74) is 0.350. The van der Waals surface area contributed by atoms with Crippen molar-refractivity contribution in [1.82, 2.24) is 15.1 Å². The summed E-state index contributed by atoms with van der Waals surface area (Å²) in [6, 6.07) is 3.93. The van der Waals surface area contributed by atoms with Crippen LogP contribution in [0, 0.1) is 11.7 Å². The maximum atomic E-state index is 12.9. The van der Waals surface area contributed by atoms with Crippen molar-refractivity contribution in [2.45, 2.75) is 38.6 Å². The molecule has 1 saturated heterocycles. The number of nitrogens with one attached hydrogen (secondary N) is 2. The number of nitrogens with zero attached hydrogens (tertiary/aromatic N) is 2. The molecule has 1 saturated carbocycles. The summed E-state index contributed by atoms with van der Waals surface area (Å²) in [7, 11) is 0. The molecule has 1 aliphatic heterocycles. The van der Waals surface area contributed by atoms with Gasteiger partial charge in [-0.3, -0.25) is 24.1 Å². The van der Waals surface area contributed by atoms with E-state index in [2.05, 4.69) is 10.6 Å². The SMILES string of the molecule is C[C@H]1CCCC[C@H]1N1C(=O)C(=O)N(CC(=O)NCC(=O)Nc2ccc(F)cc2)C1=O. The Labute approximate surface area is 172 Å². The summed E-state index contributed by atoms with van der Waals surface area (Å²) in [5, 5.41) is 4.77. The molecule has 160 valence electrons. The summed E-state index contributed by atoms with van der Waals surface area (Å²) in [6.07, 6.45) is 3.37. The van der Waals surface area contributed by atoms with Gasteiger partial charge in [0.05, 0.1) is 6.54 Å².